The van der Waals surface area contributed by atoms with Crippen LogP contribution in [0.15, 0.2) is 56.5 Å². The predicted molar refractivity (Wildman–Crippen MR) is 78.2 cm³/mol. The minimum Gasteiger partial charge on any atom is -0.362 e. The lowest BCUT2D eigenvalue weighted by Gasteiger charge is -2.15. The molecule has 19 heavy (non-hydrogen) atoms. The largest absolute Gasteiger partial charge is 0.362 e. The third kappa shape index (κ3) is 3.21. The average Bonchev–Trinajstić information content (AvgIpc) is 2.91. The van der Waals surface area contributed by atoms with E-state index in [0.717, 1.165) is 5.56 Å². The van der Waals surface area contributed by atoms with Crippen molar-refractivity contribution in [3.63, 3.8) is 0 Å². The van der Waals surface area contributed by atoms with Gasteiger partial charge >= 0.3 is 0 Å². The van der Waals surface area contributed by atoms with E-state index in [2.05, 4.69) is 4.40 Å². The summed E-state index contributed by atoms with van der Waals surface area (Å²) in [6.45, 7) is 0. The molecule has 6 heteroatoms. The van der Waals surface area contributed by atoms with Gasteiger partial charge in [-0.05, 0) is 11.4 Å². The molecule has 0 bridgehead atoms. The molecule has 0 aliphatic carbocycles. The van der Waals surface area contributed by atoms with Crippen molar-refractivity contribution in [2.45, 2.75) is 4.21 Å². The molecule has 0 N–H and O–H groups in total. The summed E-state index contributed by atoms with van der Waals surface area (Å²) in [4.78, 5) is 1.69. The van der Waals surface area contributed by atoms with Crippen molar-refractivity contribution >= 4 is 27.2 Å². The molecule has 0 fully saturated rings. The molecule has 0 saturated carbocycles. The van der Waals surface area contributed by atoms with E-state index in [9.17, 15) is 8.42 Å². The van der Waals surface area contributed by atoms with Crippen LogP contribution in [0.2, 0.25) is 0 Å². The van der Waals surface area contributed by atoms with Gasteiger partial charge in [-0.15, -0.1) is 15.7 Å². The van der Waals surface area contributed by atoms with Crippen molar-refractivity contribution in [3.8, 4) is 0 Å². The first-order valence-corrected chi connectivity index (χ1v) is 7.94. The van der Waals surface area contributed by atoms with E-state index in [-0.39, 0.29) is 4.21 Å². The van der Waals surface area contributed by atoms with Crippen LogP contribution >= 0.6 is 11.3 Å². The lowest BCUT2D eigenvalue weighted by molar-refractivity contribution is 0.593. The van der Waals surface area contributed by atoms with Gasteiger partial charge in [0.2, 0.25) is 0 Å². The van der Waals surface area contributed by atoms with Crippen molar-refractivity contribution in [1.82, 2.24) is 4.90 Å². The number of sulfonamides is 1. The molecule has 0 saturated heterocycles. The van der Waals surface area contributed by atoms with Crippen LogP contribution in [0.1, 0.15) is 5.56 Å². The van der Waals surface area contributed by atoms with Gasteiger partial charge in [-0.2, -0.15) is 8.42 Å². The monoisotopic (exact) mass is 294 g/mol. The summed E-state index contributed by atoms with van der Waals surface area (Å²) in [6.07, 6.45) is 0. The van der Waals surface area contributed by atoms with Crippen molar-refractivity contribution in [2.24, 2.45) is 4.40 Å². The Bertz CT molecular complexity index is 660. The van der Waals surface area contributed by atoms with Crippen molar-refractivity contribution < 1.29 is 8.42 Å². The summed E-state index contributed by atoms with van der Waals surface area (Å²) in [6, 6.07) is 12.5. The van der Waals surface area contributed by atoms with E-state index in [4.69, 9.17) is 0 Å². The molecule has 0 unspecified atom stereocenters. The molecular formula is C13H14N2O2S2. The average molecular weight is 294 g/mol. The fraction of sp³-hybridized carbons (Fsp3) is 0.154. The van der Waals surface area contributed by atoms with Crippen LogP contribution in [0, 0.1) is 0 Å². The summed E-state index contributed by atoms with van der Waals surface area (Å²) in [5, 5.41) is 1.72. The molecule has 4 nitrogen and oxygen atoms in total. The topological polar surface area (TPSA) is 49.7 Å². The zero-order chi connectivity index (χ0) is 13.9. The molecule has 1 heterocycles. The molecular weight excluding hydrogens is 280 g/mol. The van der Waals surface area contributed by atoms with Gasteiger partial charge in [0.25, 0.3) is 10.0 Å². The van der Waals surface area contributed by atoms with Gasteiger partial charge in [0.1, 0.15) is 10.0 Å². The first-order chi connectivity index (χ1) is 9.00. The van der Waals surface area contributed by atoms with Gasteiger partial charge in [-0.1, -0.05) is 36.4 Å². The normalized spacial score (nSPS) is 12.4. The van der Waals surface area contributed by atoms with Gasteiger partial charge < -0.3 is 4.90 Å². The van der Waals surface area contributed by atoms with Gasteiger partial charge in [0.05, 0.1) is 0 Å². The van der Waals surface area contributed by atoms with E-state index in [1.165, 1.54) is 11.3 Å². The Morgan fingerprint density at radius 3 is 2.32 bits per heavy atom. The second kappa shape index (κ2) is 5.54. The minimum absolute atomic E-state index is 0.253. The molecule has 0 atom stereocenters. The van der Waals surface area contributed by atoms with Crippen LogP contribution < -0.4 is 0 Å². The predicted octanol–water partition coefficient (Wildman–Crippen LogP) is 2.45. The highest BCUT2D eigenvalue weighted by molar-refractivity contribution is 7.92. The highest BCUT2D eigenvalue weighted by Gasteiger charge is 2.17. The second-order valence-corrected chi connectivity index (χ2v) is 6.86. The van der Waals surface area contributed by atoms with E-state index in [1.54, 1.807) is 36.5 Å². The van der Waals surface area contributed by atoms with Gasteiger partial charge in [-0.3, -0.25) is 0 Å². The Morgan fingerprint density at radius 1 is 1.11 bits per heavy atom. The van der Waals surface area contributed by atoms with E-state index in [1.807, 2.05) is 30.3 Å². The number of hydrogen-bond acceptors (Lipinski definition) is 3. The fourth-order valence-corrected chi connectivity index (χ4v) is 3.60. The smallest absolute Gasteiger partial charge is 0.293 e. The quantitative estimate of drug-likeness (QED) is 0.645. The summed E-state index contributed by atoms with van der Waals surface area (Å²) in [5.41, 5.74) is 0.771. The summed E-state index contributed by atoms with van der Waals surface area (Å²) < 4.78 is 28.6. The Hall–Kier alpha value is -1.66. The maximum Gasteiger partial charge on any atom is 0.293 e. The van der Waals surface area contributed by atoms with Crippen molar-refractivity contribution in [2.75, 3.05) is 14.1 Å². The van der Waals surface area contributed by atoms with Crippen LogP contribution in [0.5, 0.6) is 0 Å². The zero-order valence-corrected chi connectivity index (χ0v) is 12.3. The molecule has 100 valence electrons. The fourth-order valence-electron chi connectivity index (χ4n) is 1.55. The number of nitrogens with zero attached hydrogens (tertiary/aromatic N) is 2. The Balaban J connectivity index is 2.49. The van der Waals surface area contributed by atoms with E-state index >= 15 is 0 Å². The number of thiophene rings is 1. The lowest BCUT2D eigenvalue weighted by atomic mass is 10.2. The Kier molecular flexibility index (Phi) is 4.01. The van der Waals surface area contributed by atoms with Gasteiger partial charge in [0, 0.05) is 19.7 Å². The molecule has 2 aromatic rings. The molecule has 0 aliphatic heterocycles. The van der Waals surface area contributed by atoms with E-state index < -0.39 is 10.0 Å². The maximum absolute atomic E-state index is 12.2. The first-order valence-electron chi connectivity index (χ1n) is 5.62. The second-order valence-electron chi connectivity index (χ2n) is 4.08. The number of benzene rings is 1. The molecule has 0 radical (unpaired) electrons. The molecule has 0 amide bonds. The molecule has 1 aromatic carbocycles. The van der Waals surface area contributed by atoms with Gasteiger partial charge in [-0.25, -0.2) is 0 Å². The van der Waals surface area contributed by atoms with Crippen LogP contribution in [0.3, 0.4) is 0 Å². The highest BCUT2D eigenvalue weighted by atomic mass is 32.2. The Labute approximate surface area is 117 Å². The van der Waals surface area contributed by atoms with E-state index in [0.29, 0.717) is 5.84 Å². The van der Waals surface area contributed by atoms with Crippen LogP contribution in [0.4, 0.5) is 0 Å². The summed E-state index contributed by atoms with van der Waals surface area (Å²) in [5.74, 6) is 0.425. The van der Waals surface area contributed by atoms with Crippen LogP contribution in [-0.4, -0.2) is 33.2 Å². The minimum atomic E-state index is -3.64. The molecule has 0 spiro atoms. The van der Waals surface area contributed by atoms with Crippen molar-refractivity contribution in [1.29, 1.82) is 0 Å². The van der Waals surface area contributed by atoms with Gasteiger partial charge in [0.15, 0.2) is 0 Å². The molecule has 0 aliphatic rings. The number of hydrogen-bond donors (Lipinski definition) is 0. The number of amidine groups is 1. The number of rotatable bonds is 3. The maximum atomic E-state index is 12.2. The molecule has 2 rings (SSSR count). The Morgan fingerprint density at radius 2 is 1.79 bits per heavy atom. The summed E-state index contributed by atoms with van der Waals surface area (Å²) >= 11 is 1.17. The first kappa shape index (κ1) is 13.8. The van der Waals surface area contributed by atoms with Crippen LogP contribution in [0.25, 0.3) is 0 Å². The molecule has 1 aromatic heterocycles. The zero-order valence-electron chi connectivity index (χ0n) is 10.6. The highest BCUT2D eigenvalue weighted by Crippen LogP contribution is 2.19. The third-order valence-corrected chi connectivity index (χ3v) is 5.05. The third-order valence-electron chi connectivity index (χ3n) is 2.41. The van der Waals surface area contributed by atoms with Crippen molar-refractivity contribution in [3.05, 3.63) is 53.4 Å². The SMILES string of the molecule is CN(C)C(=NS(=O)(=O)c1cccs1)c1ccccc1. The van der Waals surface area contributed by atoms with Crippen LogP contribution in [-0.2, 0) is 10.0 Å². The summed E-state index contributed by atoms with van der Waals surface area (Å²) in [7, 11) is -0.0973. The lowest BCUT2D eigenvalue weighted by Crippen LogP contribution is -2.24. The standard InChI is InChI=1S/C13H14N2O2S2/c1-15(2)13(11-7-4-3-5-8-11)14-19(16,17)12-9-6-10-18-12/h3-10H,1-2H3.